The highest BCUT2D eigenvalue weighted by molar-refractivity contribution is 5.68. The van der Waals surface area contributed by atoms with Gasteiger partial charge in [0.2, 0.25) is 0 Å². The molecule has 2 rings (SSSR count). The van der Waals surface area contributed by atoms with Crippen LogP contribution in [0, 0.1) is 11.6 Å². The van der Waals surface area contributed by atoms with Gasteiger partial charge in [-0.15, -0.1) is 0 Å². The Labute approximate surface area is 129 Å². The molecule has 22 heavy (non-hydrogen) atoms. The van der Waals surface area contributed by atoms with Crippen LogP contribution in [0.3, 0.4) is 0 Å². The predicted octanol–water partition coefficient (Wildman–Crippen LogP) is 2.72. The number of carbonyl (C=O) groups is 1. The van der Waals surface area contributed by atoms with E-state index in [1.807, 2.05) is 20.8 Å². The highest BCUT2D eigenvalue weighted by Gasteiger charge is 2.28. The van der Waals surface area contributed by atoms with Gasteiger partial charge in [-0.1, -0.05) is 12.1 Å². The first-order chi connectivity index (χ1) is 10.3. The van der Waals surface area contributed by atoms with Crippen molar-refractivity contribution < 1.29 is 18.3 Å². The summed E-state index contributed by atoms with van der Waals surface area (Å²) in [5, 5.41) is 3.22. The largest absolute Gasteiger partial charge is 0.444 e. The van der Waals surface area contributed by atoms with Crippen molar-refractivity contribution >= 4 is 6.09 Å². The monoisotopic (exact) mass is 312 g/mol. The Hall–Kier alpha value is -1.69. The van der Waals surface area contributed by atoms with Gasteiger partial charge in [0, 0.05) is 25.7 Å². The Balaban J connectivity index is 1.99. The van der Waals surface area contributed by atoms with Gasteiger partial charge in [-0.3, -0.25) is 0 Å². The maximum atomic E-state index is 13.7. The lowest BCUT2D eigenvalue weighted by molar-refractivity contribution is 0.0195. The fraction of sp³-hybridized carbons (Fsp3) is 0.562. The van der Waals surface area contributed by atoms with Crippen molar-refractivity contribution in [3.05, 3.63) is 35.4 Å². The molecule has 1 aromatic rings. The SMILES string of the molecule is CC(C)(C)OC(=O)N1CCN[C@H](Cc2cccc(F)c2F)C1. The summed E-state index contributed by atoms with van der Waals surface area (Å²) in [5.74, 6) is -1.67. The fourth-order valence-electron chi connectivity index (χ4n) is 2.43. The van der Waals surface area contributed by atoms with Crippen LogP contribution in [-0.4, -0.2) is 42.3 Å². The number of rotatable bonds is 2. The number of benzene rings is 1. The first-order valence-corrected chi connectivity index (χ1v) is 7.40. The van der Waals surface area contributed by atoms with Gasteiger partial charge in [-0.05, 0) is 38.8 Å². The van der Waals surface area contributed by atoms with Crippen LogP contribution in [0.25, 0.3) is 0 Å². The van der Waals surface area contributed by atoms with E-state index >= 15 is 0 Å². The van der Waals surface area contributed by atoms with Crippen LogP contribution in [0.5, 0.6) is 0 Å². The molecule has 0 saturated carbocycles. The first-order valence-electron chi connectivity index (χ1n) is 7.40. The Bertz CT molecular complexity index is 543. The summed E-state index contributed by atoms with van der Waals surface area (Å²) in [7, 11) is 0. The molecule has 0 aliphatic carbocycles. The van der Waals surface area contributed by atoms with Gasteiger partial charge in [0.15, 0.2) is 11.6 Å². The molecule has 1 aromatic carbocycles. The van der Waals surface area contributed by atoms with Crippen LogP contribution in [0.1, 0.15) is 26.3 Å². The Kier molecular flexibility index (Phi) is 5.01. The zero-order valence-corrected chi connectivity index (χ0v) is 13.2. The molecule has 1 heterocycles. The molecule has 0 aromatic heterocycles. The molecule has 1 aliphatic rings. The van der Waals surface area contributed by atoms with Crippen LogP contribution in [0.15, 0.2) is 18.2 Å². The van der Waals surface area contributed by atoms with E-state index in [0.717, 1.165) is 6.07 Å². The molecule has 1 saturated heterocycles. The van der Waals surface area contributed by atoms with E-state index in [-0.39, 0.29) is 12.1 Å². The Morgan fingerprint density at radius 1 is 1.41 bits per heavy atom. The van der Waals surface area contributed by atoms with E-state index in [1.165, 1.54) is 6.07 Å². The number of hydrogen-bond acceptors (Lipinski definition) is 3. The fourth-order valence-corrected chi connectivity index (χ4v) is 2.43. The minimum Gasteiger partial charge on any atom is -0.444 e. The van der Waals surface area contributed by atoms with Crippen LogP contribution >= 0.6 is 0 Å². The van der Waals surface area contributed by atoms with E-state index in [1.54, 1.807) is 11.0 Å². The zero-order valence-electron chi connectivity index (χ0n) is 13.2. The number of ether oxygens (including phenoxy) is 1. The molecule has 1 aliphatic heterocycles. The summed E-state index contributed by atoms with van der Waals surface area (Å²) < 4.78 is 32.3. The molecular formula is C16H22F2N2O2. The quantitative estimate of drug-likeness (QED) is 0.913. The van der Waals surface area contributed by atoms with Crippen LogP contribution in [0.2, 0.25) is 0 Å². The average molecular weight is 312 g/mol. The number of hydrogen-bond donors (Lipinski definition) is 1. The van der Waals surface area contributed by atoms with Crippen molar-refractivity contribution in [1.82, 2.24) is 10.2 Å². The van der Waals surface area contributed by atoms with Crippen molar-refractivity contribution in [2.45, 2.75) is 38.8 Å². The van der Waals surface area contributed by atoms with Gasteiger partial charge in [0.05, 0.1) is 0 Å². The summed E-state index contributed by atoms with van der Waals surface area (Å²) in [4.78, 5) is 13.7. The lowest BCUT2D eigenvalue weighted by Crippen LogP contribution is -2.54. The van der Waals surface area contributed by atoms with E-state index in [9.17, 15) is 13.6 Å². The standard InChI is InChI=1S/C16H22F2N2O2/c1-16(2,3)22-15(21)20-8-7-19-12(10-20)9-11-5-4-6-13(17)14(11)18/h4-6,12,19H,7-10H2,1-3H3/t12-/m1/s1. The van der Waals surface area contributed by atoms with Crippen LogP contribution < -0.4 is 5.32 Å². The number of amides is 1. The van der Waals surface area contributed by atoms with E-state index in [0.29, 0.717) is 31.6 Å². The Morgan fingerprint density at radius 2 is 2.14 bits per heavy atom. The van der Waals surface area contributed by atoms with Gasteiger partial charge in [0.1, 0.15) is 5.60 Å². The second-order valence-electron chi connectivity index (χ2n) is 6.49. The molecule has 1 amide bonds. The number of nitrogens with one attached hydrogen (secondary N) is 1. The van der Waals surface area contributed by atoms with E-state index in [4.69, 9.17) is 4.74 Å². The Morgan fingerprint density at radius 3 is 2.82 bits per heavy atom. The minimum absolute atomic E-state index is 0.127. The summed E-state index contributed by atoms with van der Waals surface area (Å²) >= 11 is 0. The second-order valence-corrected chi connectivity index (χ2v) is 6.49. The average Bonchev–Trinajstić information content (AvgIpc) is 2.42. The van der Waals surface area contributed by atoms with Crippen LogP contribution in [0.4, 0.5) is 13.6 Å². The predicted molar refractivity (Wildman–Crippen MR) is 79.7 cm³/mol. The van der Waals surface area contributed by atoms with Crippen molar-refractivity contribution in [2.75, 3.05) is 19.6 Å². The molecule has 0 bridgehead atoms. The molecule has 1 N–H and O–H groups in total. The summed E-state index contributed by atoms with van der Waals surface area (Å²) in [5.41, 5.74) is -0.241. The molecule has 0 spiro atoms. The normalized spacial score (nSPS) is 19.1. The molecule has 4 nitrogen and oxygen atoms in total. The molecule has 0 radical (unpaired) electrons. The van der Waals surface area contributed by atoms with Gasteiger partial charge in [-0.2, -0.15) is 0 Å². The van der Waals surface area contributed by atoms with Gasteiger partial charge in [0.25, 0.3) is 0 Å². The number of carbonyl (C=O) groups excluding carboxylic acids is 1. The number of piperazine rings is 1. The molecule has 1 fully saturated rings. The summed E-state index contributed by atoms with van der Waals surface area (Å²) in [6, 6.07) is 4.02. The van der Waals surface area contributed by atoms with Crippen molar-refractivity contribution in [3.63, 3.8) is 0 Å². The third-order valence-electron chi connectivity index (χ3n) is 3.41. The molecular weight excluding hydrogens is 290 g/mol. The van der Waals surface area contributed by atoms with Crippen molar-refractivity contribution in [2.24, 2.45) is 0 Å². The smallest absolute Gasteiger partial charge is 0.410 e. The van der Waals surface area contributed by atoms with Gasteiger partial charge >= 0.3 is 6.09 Å². The lowest BCUT2D eigenvalue weighted by Gasteiger charge is -2.35. The number of nitrogens with zero attached hydrogens (tertiary/aromatic N) is 1. The molecule has 6 heteroatoms. The third-order valence-corrected chi connectivity index (χ3v) is 3.41. The van der Waals surface area contributed by atoms with Gasteiger partial charge < -0.3 is 15.0 Å². The topological polar surface area (TPSA) is 41.6 Å². The maximum absolute atomic E-state index is 13.7. The van der Waals surface area contributed by atoms with E-state index < -0.39 is 17.2 Å². The first kappa shape index (κ1) is 16.7. The maximum Gasteiger partial charge on any atom is 0.410 e. The zero-order chi connectivity index (χ0) is 16.3. The summed E-state index contributed by atoms with van der Waals surface area (Å²) in [6.45, 7) is 6.98. The second kappa shape index (κ2) is 6.60. The highest BCUT2D eigenvalue weighted by atomic mass is 19.2. The van der Waals surface area contributed by atoms with E-state index in [2.05, 4.69) is 5.32 Å². The highest BCUT2D eigenvalue weighted by Crippen LogP contribution is 2.16. The molecule has 0 unspecified atom stereocenters. The molecule has 122 valence electrons. The lowest BCUT2D eigenvalue weighted by atomic mass is 10.0. The summed E-state index contributed by atoms with van der Waals surface area (Å²) in [6.07, 6.45) is -0.0539. The molecule has 1 atom stereocenters. The number of halogens is 2. The van der Waals surface area contributed by atoms with Crippen molar-refractivity contribution in [3.8, 4) is 0 Å². The van der Waals surface area contributed by atoms with Gasteiger partial charge in [-0.25, -0.2) is 13.6 Å². The minimum atomic E-state index is -0.850. The third kappa shape index (κ3) is 4.40. The van der Waals surface area contributed by atoms with Crippen LogP contribution in [-0.2, 0) is 11.2 Å². The van der Waals surface area contributed by atoms with Crippen molar-refractivity contribution in [1.29, 1.82) is 0 Å².